The van der Waals surface area contributed by atoms with E-state index < -0.39 is 27.7 Å². The summed E-state index contributed by atoms with van der Waals surface area (Å²) in [5.74, 6) is -0.900. The Morgan fingerprint density at radius 1 is 1.22 bits per heavy atom. The second-order valence-corrected chi connectivity index (χ2v) is 7.67. The summed E-state index contributed by atoms with van der Waals surface area (Å²) in [5.41, 5.74) is 0.240. The first-order valence-electron chi connectivity index (χ1n) is 8.14. The molecule has 2 aromatic rings. The van der Waals surface area contributed by atoms with Gasteiger partial charge in [-0.15, -0.1) is 0 Å². The Labute approximate surface area is 155 Å². The van der Waals surface area contributed by atoms with Crippen LogP contribution in [0.15, 0.2) is 57.0 Å². The van der Waals surface area contributed by atoms with E-state index in [1.54, 1.807) is 26.0 Å². The maximum atomic E-state index is 12.7. The average Bonchev–Trinajstić information content (AvgIpc) is 3.15. The van der Waals surface area contributed by atoms with Gasteiger partial charge in [0.1, 0.15) is 17.6 Å². The Kier molecular flexibility index (Phi) is 4.66. The quantitative estimate of drug-likeness (QED) is 0.804. The van der Waals surface area contributed by atoms with E-state index in [0.29, 0.717) is 11.5 Å². The minimum atomic E-state index is -3.89. The number of furan rings is 1. The van der Waals surface area contributed by atoms with E-state index in [9.17, 15) is 23.1 Å². The summed E-state index contributed by atoms with van der Waals surface area (Å²) in [4.78, 5) is 26.2. The molecule has 1 aliphatic heterocycles. The number of amides is 1. The highest BCUT2D eigenvalue weighted by atomic mass is 32.2. The van der Waals surface area contributed by atoms with E-state index in [-0.39, 0.29) is 28.4 Å². The van der Waals surface area contributed by atoms with Gasteiger partial charge in [0.2, 0.25) is 10.0 Å². The van der Waals surface area contributed by atoms with Gasteiger partial charge >= 0.3 is 0 Å². The predicted octanol–water partition coefficient (Wildman–Crippen LogP) is 2.11. The van der Waals surface area contributed by atoms with Crippen LogP contribution in [0.2, 0.25) is 0 Å². The van der Waals surface area contributed by atoms with Crippen molar-refractivity contribution in [1.29, 1.82) is 0 Å². The Balaban J connectivity index is 2.13. The molecular weight excluding hydrogens is 372 g/mol. The summed E-state index contributed by atoms with van der Waals surface area (Å²) >= 11 is 0. The van der Waals surface area contributed by atoms with Crippen LogP contribution in [0, 0.1) is 6.92 Å². The van der Waals surface area contributed by atoms with Crippen LogP contribution in [-0.4, -0.2) is 25.2 Å². The van der Waals surface area contributed by atoms with Gasteiger partial charge in [0.15, 0.2) is 11.5 Å². The zero-order chi connectivity index (χ0) is 19.9. The number of benzene rings is 1. The smallest absolute Gasteiger partial charge is 0.294 e. The first kappa shape index (κ1) is 18.9. The predicted molar refractivity (Wildman–Crippen MR) is 96.4 cm³/mol. The average molecular weight is 390 g/mol. The van der Waals surface area contributed by atoms with Gasteiger partial charge in [0.25, 0.3) is 5.91 Å². The van der Waals surface area contributed by atoms with Gasteiger partial charge in [0.05, 0.1) is 10.5 Å². The van der Waals surface area contributed by atoms with Gasteiger partial charge in [-0.25, -0.2) is 13.6 Å². The normalized spacial score (nSPS) is 17.7. The van der Waals surface area contributed by atoms with Crippen LogP contribution < -0.4 is 10.0 Å². The number of aliphatic hydroxyl groups excluding tert-OH is 1. The zero-order valence-corrected chi connectivity index (χ0v) is 15.5. The summed E-state index contributed by atoms with van der Waals surface area (Å²) in [6.07, 6.45) is 0.0983. The van der Waals surface area contributed by atoms with Crippen molar-refractivity contribution >= 4 is 27.4 Å². The molecular formula is C18H18N2O6S. The lowest BCUT2D eigenvalue weighted by atomic mass is 9.99. The third-order valence-corrected chi connectivity index (χ3v) is 5.23. The number of hydrogen-bond donors (Lipinski definition) is 2. The Hall–Kier alpha value is -2.91. The van der Waals surface area contributed by atoms with Crippen LogP contribution in [0.1, 0.15) is 30.9 Å². The van der Waals surface area contributed by atoms with Crippen molar-refractivity contribution in [2.45, 2.75) is 31.2 Å². The molecule has 0 spiro atoms. The van der Waals surface area contributed by atoms with E-state index in [1.165, 1.54) is 29.2 Å². The molecule has 3 rings (SSSR count). The lowest BCUT2D eigenvalue weighted by Gasteiger charge is -2.25. The van der Waals surface area contributed by atoms with Crippen LogP contribution in [0.5, 0.6) is 0 Å². The van der Waals surface area contributed by atoms with Crippen LogP contribution >= 0.6 is 0 Å². The number of hydrogen-bond acceptors (Lipinski definition) is 6. The molecule has 1 unspecified atom stereocenters. The van der Waals surface area contributed by atoms with E-state index in [0.717, 1.165) is 0 Å². The number of aryl methyl sites for hydroxylation is 1. The van der Waals surface area contributed by atoms with E-state index in [4.69, 9.17) is 9.56 Å². The van der Waals surface area contributed by atoms with E-state index in [1.807, 2.05) is 0 Å². The number of Topliss-reactive ketones (excluding diaryl/α,β-unsaturated/α-hetero) is 1. The lowest BCUT2D eigenvalue weighted by molar-refractivity contribution is -0.118. The highest BCUT2D eigenvalue weighted by Crippen LogP contribution is 2.41. The summed E-state index contributed by atoms with van der Waals surface area (Å²) in [6.45, 7) is 3.34. The third kappa shape index (κ3) is 3.26. The first-order chi connectivity index (χ1) is 12.6. The molecule has 0 fully saturated rings. The largest absolute Gasteiger partial charge is 0.503 e. The summed E-state index contributed by atoms with van der Waals surface area (Å²) in [6, 6.07) is 7.63. The van der Waals surface area contributed by atoms with E-state index in [2.05, 4.69) is 0 Å². The Morgan fingerprint density at radius 3 is 2.33 bits per heavy atom. The monoisotopic (exact) mass is 390 g/mol. The molecule has 3 N–H and O–H groups in total. The van der Waals surface area contributed by atoms with Crippen molar-refractivity contribution in [3.05, 3.63) is 59.3 Å². The number of primary sulfonamides is 1. The number of carbonyl (C=O) groups excluding carboxylic acids is 2. The molecule has 27 heavy (non-hydrogen) atoms. The number of anilines is 1. The van der Waals surface area contributed by atoms with Gasteiger partial charge in [0, 0.05) is 12.1 Å². The number of ketones is 1. The maximum absolute atomic E-state index is 12.7. The van der Waals surface area contributed by atoms with Gasteiger partial charge in [-0.3, -0.25) is 14.5 Å². The summed E-state index contributed by atoms with van der Waals surface area (Å²) in [5, 5.41) is 15.4. The summed E-state index contributed by atoms with van der Waals surface area (Å²) < 4.78 is 28.5. The fraction of sp³-hybridized carbons (Fsp3) is 0.222. The van der Waals surface area contributed by atoms with Crippen LogP contribution in [0.25, 0.3) is 0 Å². The molecule has 1 amide bonds. The molecule has 9 heteroatoms. The van der Waals surface area contributed by atoms with Crippen molar-refractivity contribution in [1.82, 2.24) is 0 Å². The molecule has 2 heterocycles. The van der Waals surface area contributed by atoms with Crippen LogP contribution in [0.4, 0.5) is 5.69 Å². The molecule has 1 atom stereocenters. The fourth-order valence-electron chi connectivity index (χ4n) is 3.01. The molecule has 142 valence electrons. The Morgan fingerprint density at radius 2 is 1.85 bits per heavy atom. The van der Waals surface area contributed by atoms with Crippen molar-refractivity contribution in [2.75, 3.05) is 4.90 Å². The number of aliphatic hydroxyl groups is 1. The molecule has 1 aromatic carbocycles. The topological polar surface area (TPSA) is 131 Å². The molecule has 1 aromatic heterocycles. The van der Waals surface area contributed by atoms with Gasteiger partial charge in [-0.05, 0) is 43.3 Å². The van der Waals surface area contributed by atoms with Crippen LogP contribution in [0.3, 0.4) is 0 Å². The highest BCUT2D eigenvalue weighted by molar-refractivity contribution is 7.89. The first-order valence-corrected chi connectivity index (χ1v) is 9.69. The van der Waals surface area contributed by atoms with E-state index >= 15 is 0 Å². The number of carbonyl (C=O) groups is 2. The molecule has 1 aliphatic rings. The van der Waals surface area contributed by atoms with Gasteiger partial charge < -0.3 is 9.52 Å². The molecule has 0 aliphatic carbocycles. The standard InChI is InChI=1S/C18H18N2O6S/c1-3-13(21)15-16(14-9-4-10(2)26-14)20(18(23)17(15)22)11-5-7-12(8-6-11)27(19,24)25/h4-9,16,22H,3H2,1-2H3,(H2,19,24,25). The number of nitrogens with two attached hydrogens (primary N) is 1. The zero-order valence-electron chi connectivity index (χ0n) is 14.7. The van der Waals surface area contributed by atoms with Gasteiger partial charge in [-0.1, -0.05) is 6.92 Å². The molecule has 0 radical (unpaired) electrons. The minimum absolute atomic E-state index is 0.0487. The Bertz CT molecular complexity index is 1050. The molecule has 8 nitrogen and oxygen atoms in total. The second kappa shape index (κ2) is 6.67. The van der Waals surface area contributed by atoms with Crippen molar-refractivity contribution in [3.63, 3.8) is 0 Å². The lowest BCUT2D eigenvalue weighted by Crippen LogP contribution is -2.30. The molecule has 0 saturated carbocycles. The maximum Gasteiger partial charge on any atom is 0.294 e. The van der Waals surface area contributed by atoms with Crippen LogP contribution in [-0.2, 0) is 19.6 Å². The minimum Gasteiger partial charge on any atom is -0.503 e. The molecule has 0 saturated heterocycles. The number of sulfonamides is 1. The van der Waals surface area contributed by atoms with Crippen molar-refractivity contribution < 1.29 is 27.5 Å². The SMILES string of the molecule is CCC(=O)C1=C(O)C(=O)N(c2ccc(S(N)(=O)=O)cc2)C1c1ccc(C)o1. The fourth-order valence-corrected chi connectivity index (χ4v) is 3.53. The second-order valence-electron chi connectivity index (χ2n) is 6.10. The number of rotatable bonds is 5. The third-order valence-electron chi connectivity index (χ3n) is 4.30. The molecule has 0 bridgehead atoms. The van der Waals surface area contributed by atoms with Gasteiger partial charge in [-0.2, -0.15) is 0 Å². The highest BCUT2D eigenvalue weighted by Gasteiger charge is 2.45. The van der Waals surface area contributed by atoms with Crippen molar-refractivity contribution in [3.8, 4) is 0 Å². The summed E-state index contributed by atoms with van der Waals surface area (Å²) in [7, 11) is -3.89. The van der Waals surface area contributed by atoms with Crippen molar-refractivity contribution in [2.24, 2.45) is 5.14 Å². The number of nitrogens with zero attached hydrogens (tertiary/aromatic N) is 1.